The summed E-state index contributed by atoms with van der Waals surface area (Å²) in [6.45, 7) is 2.58. The number of halogens is 5. The fourth-order valence-corrected chi connectivity index (χ4v) is 2.44. The van der Waals surface area contributed by atoms with E-state index in [9.17, 15) is 32.0 Å². The number of nitrogens with zero attached hydrogens (tertiary/aromatic N) is 1. The summed E-state index contributed by atoms with van der Waals surface area (Å²) in [5.41, 5.74) is 0.134. The van der Waals surface area contributed by atoms with Crippen LogP contribution in [0.5, 0.6) is 11.5 Å². The Hall–Kier alpha value is -3.61. The van der Waals surface area contributed by atoms with Gasteiger partial charge in [0.1, 0.15) is 24.0 Å². The van der Waals surface area contributed by atoms with Crippen molar-refractivity contribution in [2.45, 2.75) is 26.6 Å². The number of rotatable bonds is 7. The smallest absolute Gasteiger partial charge is 0.349 e. The Bertz CT molecular complexity index is 1050. The van der Waals surface area contributed by atoms with Crippen molar-refractivity contribution >= 4 is 12.0 Å². The molecule has 0 aliphatic carbocycles. The van der Waals surface area contributed by atoms with Gasteiger partial charge >= 0.3 is 5.97 Å². The Balaban J connectivity index is 2.38. The molecule has 0 aromatic heterocycles. The summed E-state index contributed by atoms with van der Waals surface area (Å²) in [5, 5.41) is 9.17. The summed E-state index contributed by atoms with van der Waals surface area (Å²) in [6.07, 6.45) is 0.747. The van der Waals surface area contributed by atoms with Crippen molar-refractivity contribution in [1.29, 1.82) is 5.26 Å². The zero-order valence-corrected chi connectivity index (χ0v) is 16.6. The van der Waals surface area contributed by atoms with Crippen LogP contribution >= 0.6 is 0 Å². The molecular weight excluding hydrogens is 425 g/mol. The maximum absolute atomic E-state index is 13.8. The van der Waals surface area contributed by atoms with Crippen LogP contribution in [-0.4, -0.2) is 19.2 Å². The molecule has 2 rings (SSSR count). The van der Waals surface area contributed by atoms with Gasteiger partial charge in [-0.3, -0.25) is 0 Å². The van der Waals surface area contributed by atoms with E-state index in [1.807, 2.05) is 0 Å². The molecule has 0 atom stereocenters. The van der Waals surface area contributed by atoms with Crippen LogP contribution in [0.1, 0.15) is 25.0 Å². The highest BCUT2D eigenvalue weighted by Crippen LogP contribution is 2.31. The van der Waals surface area contributed by atoms with Gasteiger partial charge in [0.2, 0.25) is 29.1 Å². The number of hydrogen-bond donors (Lipinski definition) is 0. The third-order valence-electron chi connectivity index (χ3n) is 3.84. The molecule has 0 unspecified atom stereocenters. The fraction of sp³-hybridized carbons (Fsp3) is 0.238. The van der Waals surface area contributed by atoms with E-state index < -0.39 is 53.5 Å². The maximum Gasteiger partial charge on any atom is 0.349 e. The van der Waals surface area contributed by atoms with Crippen molar-refractivity contribution < 1.29 is 41.0 Å². The molecular formula is C21H16F5NO4. The van der Waals surface area contributed by atoms with Crippen LogP contribution in [0.15, 0.2) is 23.8 Å². The molecule has 0 bridgehead atoms. The Morgan fingerprint density at radius 3 is 2.16 bits per heavy atom. The lowest BCUT2D eigenvalue weighted by atomic mass is 10.1. The van der Waals surface area contributed by atoms with Gasteiger partial charge < -0.3 is 14.2 Å². The molecule has 0 saturated heterocycles. The molecule has 0 radical (unpaired) electrons. The Morgan fingerprint density at radius 2 is 1.65 bits per heavy atom. The molecule has 5 nitrogen and oxygen atoms in total. The molecule has 0 heterocycles. The predicted octanol–water partition coefficient (Wildman–Crippen LogP) is 4.83. The summed E-state index contributed by atoms with van der Waals surface area (Å²) in [4.78, 5) is 11.9. The van der Waals surface area contributed by atoms with Crippen molar-refractivity contribution in [3.8, 4) is 17.6 Å². The summed E-state index contributed by atoms with van der Waals surface area (Å²) in [6, 6.07) is 5.93. The molecule has 0 saturated carbocycles. The van der Waals surface area contributed by atoms with Crippen LogP contribution in [0.4, 0.5) is 22.0 Å². The highest BCUT2D eigenvalue weighted by Gasteiger charge is 2.27. The van der Waals surface area contributed by atoms with Crippen LogP contribution in [0.25, 0.3) is 6.08 Å². The van der Waals surface area contributed by atoms with Crippen molar-refractivity contribution in [2.75, 3.05) is 7.11 Å². The number of hydrogen-bond acceptors (Lipinski definition) is 5. The lowest BCUT2D eigenvalue weighted by Gasteiger charge is -2.13. The van der Waals surface area contributed by atoms with Gasteiger partial charge in [0.05, 0.1) is 13.2 Å². The normalized spacial score (nSPS) is 11.3. The van der Waals surface area contributed by atoms with Crippen molar-refractivity contribution in [1.82, 2.24) is 0 Å². The zero-order valence-electron chi connectivity index (χ0n) is 16.6. The summed E-state index contributed by atoms with van der Waals surface area (Å²) < 4.78 is 82.3. The number of benzene rings is 2. The van der Waals surface area contributed by atoms with E-state index in [4.69, 9.17) is 14.2 Å². The first-order valence-electron chi connectivity index (χ1n) is 8.74. The van der Waals surface area contributed by atoms with E-state index in [0.717, 1.165) is 0 Å². The number of methoxy groups -OCH3 is 1. The second-order valence-corrected chi connectivity index (χ2v) is 6.38. The van der Waals surface area contributed by atoms with E-state index in [-0.39, 0.29) is 16.9 Å². The molecule has 0 aliphatic heterocycles. The van der Waals surface area contributed by atoms with Crippen molar-refractivity contribution in [2.24, 2.45) is 0 Å². The minimum absolute atomic E-state index is 0.148. The Labute approximate surface area is 174 Å². The van der Waals surface area contributed by atoms with Gasteiger partial charge in [0.25, 0.3) is 0 Å². The van der Waals surface area contributed by atoms with Gasteiger partial charge in [-0.15, -0.1) is 0 Å². The zero-order chi connectivity index (χ0) is 23.3. The standard InChI is InChI=1S/C21H16F5NO4/c1-10(2)31-21(28)12(8-27)6-11-4-5-14(29-3)13(7-11)9-30-20-18(25)16(23)15(22)17(24)19(20)26/h4-7,10H,9H2,1-3H3/b12-6-. The van der Waals surface area contributed by atoms with E-state index in [1.165, 1.54) is 31.4 Å². The van der Waals surface area contributed by atoms with Gasteiger partial charge in [-0.1, -0.05) is 6.07 Å². The van der Waals surface area contributed by atoms with E-state index in [2.05, 4.69) is 0 Å². The van der Waals surface area contributed by atoms with Gasteiger partial charge in [0.15, 0.2) is 5.75 Å². The van der Waals surface area contributed by atoms with Gasteiger partial charge in [-0.25, -0.2) is 18.0 Å². The van der Waals surface area contributed by atoms with Gasteiger partial charge in [-0.2, -0.15) is 14.0 Å². The second kappa shape index (κ2) is 9.93. The highest BCUT2D eigenvalue weighted by atomic mass is 19.2. The first-order chi connectivity index (χ1) is 14.6. The highest BCUT2D eigenvalue weighted by molar-refractivity contribution is 5.98. The second-order valence-electron chi connectivity index (χ2n) is 6.38. The summed E-state index contributed by atoms with van der Waals surface area (Å²) in [7, 11) is 1.29. The molecule has 164 valence electrons. The van der Waals surface area contributed by atoms with Crippen LogP contribution in [0.3, 0.4) is 0 Å². The molecule has 0 amide bonds. The minimum Gasteiger partial charge on any atom is -0.496 e. The topological polar surface area (TPSA) is 68.5 Å². The molecule has 2 aromatic carbocycles. The van der Waals surface area contributed by atoms with Crippen LogP contribution in [0.2, 0.25) is 0 Å². The average molecular weight is 441 g/mol. The third-order valence-corrected chi connectivity index (χ3v) is 3.84. The average Bonchev–Trinajstić information content (AvgIpc) is 2.74. The van der Waals surface area contributed by atoms with Crippen molar-refractivity contribution in [3.63, 3.8) is 0 Å². The molecule has 0 aliphatic rings. The molecule has 2 aromatic rings. The van der Waals surface area contributed by atoms with Crippen LogP contribution in [-0.2, 0) is 16.1 Å². The Morgan fingerprint density at radius 1 is 1.06 bits per heavy atom. The summed E-state index contributed by atoms with van der Waals surface area (Å²) in [5.74, 6) is -12.9. The maximum atomic E-state index is 13.8. The molecule has 0 spiro atoms. The number of ether oxygens (including phenoxy) is 3. The number of carbonyl (C=O) groups excluding carboxylic acids is 1. The van der Waals surface area contributed by atoms with Crippen LogP contribution < -0.4 is 9.47 Å². The monoisotopic (exact) mass is 441 g/mol. The van der Waals surface area contributed by atoms with E-state index in [0.29, 0.717) is 5.56 Å². The summed E-state index contributed by atoms with van der Waals surface area (Å²) >= 11 is 0. The Kier molecular flexibility index (Phi) is 7.58. The largest absolute Gasteiger partial charge is 0.496 e. The first-order valence-corrected chi connectivity index (χ1v) is 8.74. The van der Waals surface area contributed by atoms with Crippen molar-refractivity contribution in [3.05, 3.63) is 64.0 Å². The molecule has 31 heavy (non-hydrogen) atoms. The number of nitriles is 1. The lowest BCUT2D eigenvalue weighted by Crippen LogP contribution is -2.12. The third kappa shape index (κ3) is 5.31. The number of esters is 1. The fourth-order valence-electron chi connectivity index (χ4n) is 2.44. The SMILES string of the molecule is COc1ccc(/C=C(/C#N)C(=O)OC(C)C)cc1COc1c(F)c(F)c(F)c(F)c1F. The van der Waals surface area contributed by atoms with Crippen LogP contribution in [0, 0.1) is 40.4 Å². The van der Waals surface area contributed by atoms with E-state index in [1.54, 1.807) is 19.9 Å². The molecule has 0 fully saturated rings. The number of carbonyl (C=O) groups is 1. The predicted molar refractivity (Wildman–Crippen MR) is 98.4 cm³/mol. The molecule has 10 heteroatoms. The quantitative estimate of drug-likeness (QED) is 0.154. The van der Waals surface area contributed by atoms with Gasteiger partial charge in [0, 0.05) is 5.56 Å². The lowest BCUT2D eigenvalue weighted by molar-refractivity contribution is -0.142. The molecule has 0 N–H and O–H groups in total. The van der Waals surface area contributed by atoms with E-state index >= 15 is 0 Å². The van der Waals surface area contributed by atoms with Gasteiger partial charge in [-0.05, 0) is 37.6 Å². The minimum atomic E-state index is -2.30. The first kappa shape index (κ1) is 23.7.